The molecule has 9 heteroatoms. The van der Waals surface area contributed by atoms with Crippen LogP contribution in [0.3, 0.4) is 0 Å². The summed E-state index contributed by atoms with van der Waals surface area (Å²) in [5.74, 6) is -2.43. The van der Waals surface area contributed by atoms with Crippen LogP contribution in [-0.2, 0) is 19.1 Å². The molecule has 0 aromatic heterocycles. The molecule has 1 aromatic carbocycles. The maximum atomic E-state index is 11.9. The lowest BCUT2D eigenvalue weighted by atomic mass is 10.1. The summed E-state index contributed by atoms with van der Waals surface area (Å²) in [7, 11) is 2.26. The van der Waals surface area contributed by atoms with Gasteiger partial charge in [-0.05, 0) is 13.8 Å². The van der Waals surface area contributed by atoms with Crippen molar-refractivity contribution >= 4 is 23.6 Å². The Kier molecular flexibility index (Phi) is 7.94. The third-order valence-electron chi connectivity index (χ3n) is 3.05. The fraction of sp³-hybridized carbons (Fsp3) is 0.353. The average molecular weight is 367 g/mol. The maximum absolute atomic E-state index is 11.9. The van der Waals surface area contributed by atoms with E-state index in [9.17, 15) is 19.5 Å². The third-order valence-corrected chi connectivity index (χ3v) is 3.05. The number of aromatic carboxylic acids is 1. The summed E-state index contributed by atoms with van der Waals surface area (Å²) in [6, 6.07) is 2.64. The third kappa shape index (κ3) is 5.40. The Labute approximate surface area is 150 Å². The number of benzene rings is 1. The van der Waals surface area contributed by atoms with E-state index >= 15 is 0 Å². The molecule has 0 unspecified atom stereocenters. The van der Waals surface area contributed by atoms with Crippen LogP contribution in [0.4, 0.5) is 5.69 Å². The minimum Gasteiger partial charge on any atom is -0.490 e. The van der Waals surface area contributed by atoms with Gasteiger partial charge in [0.05, 0.1) is 44.8 Å². The molecule has 0 spiro atoms. The molecule has 0 bridgehead atoms. The van der Waals surface area contributed by atoms with Crippen molar-refractivity contribution in [1.82, 2.24) is 0 Å². The van der Waals surface area contributed by atoms with E-state index in [1.165, 1.54) is 12.1 Å². The molecule has 0 radical (unpaired) electrons. The smallest absolute Gasteiger partial charge is 0.354 e. The van der Waals surface area contributed by atoms with Crippen molar-refractivity contribution < 1.29 is 38.4 Å². The number of carbonyl (C=O) groups is 3. The first-order chi connectivity index (χ1) is 12.4. The summed E-state index contributed by atoms with van der Waals surface area (Å²) in [6.45, 7) is 4.12. The Balaban J connectivity index is 3.44. The second-order valence-corrected chi connectivity index (χ2v) is 4.71. The van der Waals surface area contributed by atoms with Gasteiger partial charge in [-0.15, -0.1) is 0 Å². The first-order valence-corrected chi connectivity index (χ1v) is 7.69. The number of anilines is 1. The van der Waals surface area contributed by atoms with Gasteiger partial charge in [0, 0.05) is 12.1 Å². The minimum absolute atomic E-state index is 0.0185. The van der Waals surface area contributed by atoms with Crippen LogP contribution in [0.1, 0.15) is 24.2 Å². The molecule has 0 atom stereocenters. The number of hydrogen-bond donors (Lipinski definition) is 2. The molecular formula is C17H21NO8. The Morgan fingerprint density at radius 3 is 2.08 bits per heavy atom. The highest BCUT2D eigenvalue weighted by Crippen LogP contribution is 2.34. The lowest BCUT2D eigenvalue weighted by Gasteiger charge is -2.16. The normalized spacial score (nSPS) is 10.7. The molecule has 0 amide bonds. The lowest BCUT2D eigenvalue weighted by molar-refractivity contribution is -0.138. The van der Waals surface area contributed by atoms with Crippen LogP contribution >= 0.6 is 0 Å². The standard InChI is InChI=1S/C17H21NO8/c1-5-25-13-7-10(16(20)21)11(8-14(13)26-6-2)18-12(17(22)24-4)9-15(19)23-3/h7-9,18H,5-6H2,1-4H3,(H,20,21)/b12-9+. The van der Waals surface area contributed by atoms with E-state index in [4.69, 9.17) is 9.47 Å². The number of esters is 2. The van der Waals surface area contributed by atoms with Gasteiger partial charge in [0.2, 0.25) is 0 Å². The van der Waals surface area contributed by atoms with Gasteiger partial charge < -0.3 is 29.4 Å². The number of carboxylic acids is 1. The van der Waals surface area contributed by atoms with E-state index in [1.807, 2.05) is 0 Å². The molecule has 1 aromatic rings. The topological polar surface area (TPSA) is 120 Å². The number of carbonyl (C=O) groups excluding carboxylic acids is 2. The van der Waals surface area contributed by atoms with Crippen molar-refractivity contribution in [2.24, 2.45) is 0 Å². The number of ether oxygens (including phenoxy) is 4. The Morgan fingerprint density at radius 2 is 1.62 bits per heavy atom. The van der Waals surface area contributed by atoms with Crippen LogP contribution < -0.4 is 14.8 Å². The van der Waals surface area contributed by atoms with Gasteiger partial charge in [-0.25, -0.2) is 14.4 Å². The quantitative estimate of drug-likeness (QED) is 0.497. The van der Waals surface area contributed by atoms with Gasteiger partial charge in [0.1, 0.15) is 5.70 Å². The van der Waals surface area contributed by atoms with Gasteiger partial charge >= 0.3 is 17.9 Å². The summed E-state index contributed by atoms with van der Waals surface area (Å²) < 4.78 is 19.9. The predicted molar refractivity (Wildman–Crippen MR) is 91.5 cm³/mol. The molecule has 0 saturated heterocycles. The summed E-state index contributed by atoms with van der Waals surface area (Å²) in [4.78, 5) is 34.9. The molecular weight excluding hydrogens is 346 g/mol. The molecule has 0 fully saturated rings. The first-order valence-electron chi connectivity index (χ1n) is 7.69. The van der Waals surface area contributed by atoms with Crippen molar-refractivity contribution in [2.75, 3.05) is 32.8 Å². The molecule has 0 aliphatic heterocycles. The molecule has 26 heavy (non-hydrogen) atoms. The first kappa shape index (κ1) is 20.8. The van der Waals surface area contributed by atoms with E-state index in [0.29, 0.717) is 13.2 Å². The Morgan fingerprint density at radius 1 is 1.04 bits per heavy atom. The van der Waals surface area contributed by atoms with Crippen molar-refractivity contribution in [3.8, 4) is 11.5 Å². The molecule has 2 N–H and O–H groups in total. The van der Waals surface area contributed by atoms with Gasteiger partial charge in [0.25, 0.3) is 0 Å². The Bertz CT molecular complexity index is 711. The number of carboxylic acid groups (broad SMARTS) is 1. The van der Waals surface area contributed by atoms with Gasteiger partial charge in [-0.1, -0.05) is 0 Å². The number of rotatable bonds is 9. The highest BCUT2D eigenvalue weighted by Gasteiger charge is 2.20. The van der Waals surface area contributed by atoms with E-state index < -0.39 is 17.9 Å². The van der Waals surface area contributed by atoms with Crippen molar-refractivity contribution in [1.29, 1.82) is 0 Å². The van der Waals surface area contributed by atoms with Crippen LogP contribution in [0.25, 0.3) is 0 Å². The zero-order valence-electron chi connectivity index (χ0n) is 15.0. The van der Waals surface area contributed by atoms with E-state index in [1.54, 1.807) is 13.8 Å². The van der Waals surface area contributed by atoms with Gasteiger partial charge in [-0.3, -0.25) is 0 Å². The van der Waals surface area contributed by atoms with Crippen LogP contribution in [0, 0.1) is 0 Å². The summed E-state index contributed by atoms with van der Waals surface area (Å²) in [5, 5.41) is 12.0. The lowest BCUT2D eigenvalue weighted by Crippen LogP contribution is -2.17. The van der Waals surface area contributed by atoms with Crippen molar-refractivity contribution in [3.05, 3.63) is 29.5 Å². The van der Waals surface area contributed by atoms with E-state index in [2.05, 4.69) is 14.8 Å². The zero-order chi connectivity index (χ0) is 19.7. The largest absolute Gasteiger partial charge is 0.490 e. The monoisotopic (exact) mass is 367 g/mol. The summed E-state index contributed by atoms with van der Waals surface area (Å²) in [5.41, 5.74) is -0.463. The maximum Gasteiger partial charge on any atom is 0.354 e. The van der Waals surface area contributed by atoms with Gasteiger partial charge in [-0.2, -0.15) is 0 Å². The number of nitrogens with one attached hydrogen (secondary N) is 1. The van der Waals surface area contributed by atoms with Crippen molar-refractivity contribution in [2.45, 2.75) is 13.8 Å². The molecule has 0 heterocycles. The minimum atomic E-state index is -1.27. The molecule has 142 valence electrons. The second-order valence-electron chi connectivity index (χ2n) is 4.71. The highest BCUT2D eigenvalue weighted by molar-refractivity contribution is 6.02. The van der Waals surface area contributed by atoms with Gasteiger partial charge in [0.15, 0.2) is 11.5 Å². The van der Waals surface area contributed by atoms with Crippen LogP contribution in [-0.4, -0.2) is 50.4 Å². The van der Waals surface area contributed by atoms with Crippen molar-refractivity contribution in [3.63, 3.8) is 0 Å². The predicted octanol–water partition coefficient (Wildman–Crippen LogP) is 1.82. The van der Waals surface area contributed by atoms with E-state index in [0.717, 1.165) is 20.3 Å². The fourth-order valence-electron chi connectivity index (χ4n) is 1.95. The fourth-order valence-corrected chi connectivity index (χ4v) is 1.95. The number of hydrogen-bond acceptors (Lipinski definition) is 8. The zero-order valence-corrected chi connectivity index (χ0v) is 15.0. The van der Waals surface area contributed by atoms with Crippen LogP contribution in [0.15, 0.2) is 23.9 Å². The molecule has 9 nitrogen and oxygen atoms in total. The van der Waals surface area contributed by atoms with E-state index in [-0.39, 0.29) is 28.4 Å². The number of methoxy groups -OCH3 is 2. The summed E-state index contributed by atoms with van der Waals surface area (Å²) in [6.07, 6.45) is 0.855. The molecule has 0 saturated carbocycles. The highest BCUT2D eigenvalue weighted by atomic mass is 16.5. The second kappa shape index (κ2) is 9.92. The van der Waals surface area contributed by atoms with Crippen LogP contribution in [0.5, 0.6) is 11.5 Å². The van der Waals surface area contributed by atoms with Crippen LogP contribution in [0.2, 0.25) is 0 Å². The molecule has 0 aliphatic carbocycles. The Hall–Kier alpha value is -3.23. The average Bonchev–Trinajstić information content (AvgIpc) is 2.62. The molecule has 1 rings (SSSR count). The molecule has 0 aliphatic rings. The summed E-state index contributed by atoms with van der Waals surface area (Å²) >= 11 is 0. The SMILES string of the molecule is CCOc1cc(N/C(=C/C(=O)OC)C(=O)OC)c(C(=O)O)cc1OCC.